The number of aliphatic carboxylic acids is 3. The minimum atomic E-state index is -1.82. The summed E-state index contributed by atoms with van der Waals surface area (Å²) in [6.07, 6.45) is 1.13. The van der Waals surface area contributed by atoms with Crippen molar-refractivity contribution in [2.24, 2.45) is 0 Å². The van der Waals surface area contributed by atoms with Gasteiger partial charge in [-0.1, -0.05) is 13.3 Å². The van der Waals surface area contributed by atoms with Gasteiger partial charge in [-0.2, -0.15) is 0 Å². The maximum Gasteiger partial charge on any atom is 0.414 e. The molecule has 114 valence electrons. The van der Waals surface area contributed by atoms with E-state index in [-0.39, 0.29) is 13.2 Å². The van der Waals surface area contributed by atoms with Crippen molar-refractivity contribution in [3.63, 3.8) is 0 Å². The summed E-state index contributed by atoms with van der Waals surface area (Å²) in [5.41, 5.74) is 0. The molecule has 0 aromatic carbocycles. The molecule has 0 saturated carbocycles. The van der Waals surface area contributed by atoms with Crippen molar-refractivity contribution in [2.45, 2.75) is 32.3 Å². The van der Waals surface area contributed by atoms with Crippen molar-refractivity contribution in [1.82, 2.24) is 0 Å². The number of aliphatic hydroxyl groups excluding tert-OH is 3. The first-order chi connectivity index (χ1) is 8.72. The molecule has 0 aliphatic heterocycles. The highest BCUT2D eigenvalue weighted by atomic mass is 16.4. The maximum atomic E-state index is 9.76. The zero-order chi connectivity index (χ0) is 15.8. The summed E-state index contributed by atoms with van der Waals surface area (Å²) in [6.45, 7) is 1.25. The van der Waals surface area contributed by atoms with Gasteiger partial charge < -0.3 is 30.6 Å². The first-order valence-electron chi connectivity index (χ1n) is 5.30. The second-order valence-electron chi connectivity index (χ2n) is 3.13. The molecule has 0 unspecified atom stereocenters. The van der Waals surface area contributed by atoms with Crippen LogP contribution in [0.15, 0.2) is 0 Å². The van der Waals surface area contributed by atoms with Crippen LogP contribution in [-0.4, -0.2) is 67.9 Å². The SMILES string of the molecule is CCCCC(=O)O.O=C(O)C(=O)O.OCC(O)CO. The fraction of sp³-hybridized carbons (Fsp3) is 0.700. The molecule has 6 N–H and O–H groups in total. The number of carboxylic acids is 3. The van der Waals surface area contributed by atoms with Crippen LogP contribution in [-0.2, 0) is 14.4 Å². The van der Waals surface area contributed by atoms with Gasteiger partial charge in [-0.05, 0) is 6.42 Å². The van der Waals surface area contributed by atoms with Crippen LogP contribution in [0.4, 0.5) is 0 Å². The Morgan fingerprint density at radius 2 is 1.32 bits per heavy atom. The van der Waals surface area contributed by atoms with Crippen LogP contribution >= 0.6 is 0 Å². The quantitative estimate of drug-likeness (QED) is 0.337. The third kappa shape index (κ3) is 31.4. The normalized spacial score (nSPS) is 8.68. The summed E-state index contributed by atoms with van der Waals surface area (Å²) < 4.78 is 0. The molecule has 0 amide bonds. The molecule has 0 aromatic heterocycles. The van der Waals surface area contributed by atoms with Crippen molar-refractivity contribution in [2.75, 3.05) is 13.2 Å². The van der Waals surface area contributed by atoms with Crippen molar-refractivity contribution in [3.05, 3.63) is 0 Å². The van der Waals surface area contributed by atoms with Crippen molar-refractivity contribution < 1.29 is 45.0 Å². The molecule has 0 bridgehead atoms. The van der Waals surface area contributed by atoms with E-state index in [9.17, 15) is 4.79 Å². The molecular formula is C10H20O9. The Labute approximate surface area is 109 Å². The molecule has 0 rings (SSSR count). The summed E-state index contributed by atoms with van der Waals surface area (Å²) in [5.74, 6) is -4.34. The molecule has 0 aliphatic rings. The lowest BCUT2D eigenvalue weighted by Gasteiger charge is -1.96. The summed E-state index contributed by atoms with van der Waals surface area (Å²) in [5, 5.41) is 46.8. The van der Waals surface area contributed by atoms with E-state index in [2.05, 4.69) is 0 Å². The summed E-state index contributed by atoms with van der Waals surface area (Å²) in [4.78, 5) is 28.0. The maximum absolute atomic E-state index is 9.76. The van der Waals surface area contributed by atoms with Crippen LogP contribution in [0.3, 0.4) is 0 Å². The van der Waals surface area contributed by atoms with E-state index in [1.165, 1.54) is 0 Å². The van der Waals surface area contributed by atoms with Gasteiger partial charge in [0.05, 0.1) is 13.2 Å². The molecule has 0 aromatic rings. The molecule has 0 spiro atoms. The summed E-state index contributed by atoms with van der Waals surface area (Å²) in [6, 6.07) is 0. The monoisotopic (exact) mass is 284 g/mol. The molecule has 0 atom stereocenters. The highest BCUT2D eigenvalue weighted by molar-refractivity contribution is 6.27. The van der Waals surface area contributed by atoms with Crippen LogP contribution in [0, 0.1) is 0 Å². The number of aliphatic hydroxyl groups is 3. The second kappa shape index (κ2) is 16.3. The van der Waals surface area contributed by atoms with E-state index in [0.717, 1.165) is 12.8 Å². The van der Waals surface area contributed by atoms with Gasteiger partial charge in [0.2, 0.25) is 0 Å². The zero-order valence-electron chi connectivity index (χ0n) is 10.5. The second-order valence-corrected chi connectivity index (χ2v) is 3.13. The van der Waals surface area contributed by atoms with Crippen LogP contribution in [0.2, 0.25) is 0 Å². The predicted molar refractivity (Wildman–Crippen MR) is 62.6 cm³/mol. The third-order valence-corrected chi connectivity index (χ3v) is 1.35. The Morgan fingerprint density at radius 1 is 0.947 bits per heavy atom. The number of rotatable bonds is 5. The lowest BCUT2D eigenvalue weighted by Crippen LogP contribution is -2.15. The summed E-state index contributed by atoms with van der Waals surface area (Å²) >= 11 is 0. The average Bonchev–Trinajstić information content (AvgIpc) is 2.36. The van der Waals surface area contributed by atoms with E-state index < -0.39 is 24.0 Å². The van der Waals surface area contributed by atoms with Crippen molar-refractivity contribution in [1.29, 1.82) is 0 Å². The van der Waals surface area contributed by atoms with E-state index in [0.29, 0.717) is 6.42 Å². The smallest absolute Gasteiger partial charge is 0.414 e. The van der Waals surface area contributed by atoms with Gasteiger partial charge in [0.1, 0.15) is 6.10 Å². The lowest BCUT2D eigenvalue weighted by atomic mass is 10.3. The average molecular weight is 284 g/mol. The first kappa shape index (κ1) is 22.5. The Kier molecular flexibility index (Phi) is 19.3. The van der Waals surface area contributed by atoms with Crippen molar-refractivity contribution in [3.8, 4) is 0 Å². The molecule has 9 nitrogen and oxygen atoms in total. The van der Waals surface area contributed by atoms with Gasteiger partial charge >= 0.3 is 17.9 Å². The number of carboxylic acid groups (broad SMARTS) is 3. The molecule has 9 heteroatoms. The van der Waals surface area contributed by atoms with Gasteiger partial charge in [0.25, 0.3) is 0 Å². The minimum Gasteiger partial charge on any atom is -0.481 e. The third-order valence-electron chi connectivity index (χ3n) is 1.35. The van der Waals surface area contributed by atoms with Gasteiger partial charge in [-0.25, -0.2) is 9.59 Å². The molecule has 0 heterocycles. The fourth-order valence-corrected chi connectivity index (χ4v) is 0.386. The van der Waals surface area contributed by atoms with Gasteiger partial charge in [0, 0.05) is 6.42 Å². The van der Waals surface area contributed by atoms with E-state index in [1.807, 2.05) is 6.92 Å². The van der Waals surface area contributed by atoms with Gasteiger partial charge in [-0.3, -0.25) is 4.79 Å². The standard InChI is InChI=1S/C5H10O2.C3H8O3.C2H2O4/c1-2-3-4-5(6)7;4-1-3(6)2-5;3-1(4)2(5)6/h2-4H2,1H3,(H,6,7);3-6H,1-2H2;(H,3,4)(H,5,6). The molecule has 0 saturated heterocycles. The first-order valence-corrected chi connectivity index (χ1v) is 5.30. The van der Waals surface area contributed by atoms with Crippen LogP contribution in [0.1, 0.15) is 26.2 Å². The topological polar surface area (TPSA) is 173 Å². The zero-order valence-corrected chi connectivity index (χ0v) is 10.5. The van der Waals surface area contributed by atoms with E-state index >= 15 is 0 Å². The lowest BCUT2D eigenvalue weighted by molar-refractivity contribution is -0.159. The minimum absolute atomic E-state index is 0.316. The number of hydrogen-bond donors (Lipinski definition) is 6. The van der Waals surface area contributed by atoms with Crippen molar-refractivity contribution >= 4 is 17.9 Å². The highest BCUT2D eigenvalue weighted by Gasteiger charge is 2.04. The summed E-state index contributed by atoms with van der Waals surface area (Å²) in [7, 11) is 0. The Hall–Kier alpha value is -1.71. The Balaban J connectivity index is -0.000000203. The molecular weight excluding hydrogens is 264 g/mol. The largest absolute Gasteiger partial charge is 0.481 e. The van der Waals surface area contributed by atoms with Crippen LogP contribution in [0.25, 0.3) is 0 Å². The number of hydrogen-bond acceptors (Lipinski definition) is 6. The predicted octanol–water partition coefficient (Wildman–Crippen LogP) is -1.25. The Bertz CT molecular complexity index is 235. The highest BCUT2D eigenvalue weighted by Crippen LogP contribution is 1.91. The Morgan fingerprint density at radius 3 is 1.37 bits per heavy atom. The molecule has 19 heavy (non-hydrogen) atoms. The number of unbranched alkanes of at least 4 members (excludes halogenated alkanes) is 1. The van der Waals surface area contributed by atoms with Crippen LogP contribution < -0.4 is 0 Å². The fourth-order valence-electron chi connectivity index (χ4n) is 0.386. The molecule has 0 fully saturated rings. The van der Waals surface area contributed by atoms with E-state index in [4.69, 9.17) is 40.2 Å². The van der Waals surface area contributed by atoms with E-state index in [1.54, 1.807) is 0 Å². The molecule has 0 aliphatic carbocycles. The van der Waals surface area contributed by atoms with Gasteiger partial charge in [0.15, 0.2) is 0 Å². The number of carbonyl (C=O) groups is 3. The van der Waals surface area contributed by atoms with Gasteiger partial charge in [-0.15, -0.1) is 0 Å². The van der Waals surface area contributed by atoms with Crippen LogP contribution in [0.5, 0.6) is 0 Å². The molecule has 0 radical (unpaired) electrons.